The van der Waals surface area contributed by atoms with Crippen LogP contribution in [-0.2, 0) is 19.1 Å². The summed E-state index contributed by atoms with van der Waals surface area (Å²) < 4.78 is 29.4. The molecule has 4 aliphatic heterocycles. The molecule has 0 radical (unpaired) electrons. The molecule has 3 aromatic rings. The van der Waals surface area contributed by atoms with E-state index in [9.17, 15) is 14.0 Å². The van der Waals surface area contributed by atoms with Crippen molar-refractivity contribution < 1.29 is 23.5 Å². The molecule has 0 spiro atoms. The summed E-state index contributed by atoms with van der Waals surface area (Å²) in [6.07, 6.45) is 9.29. The Balaban J connectivity index is 1.05. The fourth-order valence-electron chi connectivity index (χ4n) is 9.72. The summed E-state index contributed by atoms with van der Waals surface area (Å²) in [7, 11) is 1.60. The van der Waals surface area contributed by atoms with Crippen LogP contribution in [0.25, 0.3) is 27.7 Å². The Morgan fingerprint density at radius 1 is 1.12 bits per heavy atom. The van der Waals surface area contributed by atoms with Gasteiger partial charge in [0.2, 0.25) is 11.8 Å². The number of rotatable bonds is 11. The first-order valence-electron chi connectivity index (χ1n) is 20.9. The van der Waals surface area contributed by atoms with Crippen molar-refractivity contribution in [1.82, 2.24) is 24.3 Å². The fraction of sp³-hybridized carbons (Fsp3) is 0.591. The molecular formula is C44H58FN7O4. The number of hydrogen-bond donors (Lipinski definition) is 2. The van der Waals surface area contributed by atoms with Gasteiger partial charge in [0, 0.05) is 48.7 Å². The summed E-state index contributed by atoms with van der Waals surface area (Å²) in [5.74, 6) is 1.99. The number of benzene rings is 1. The van der Waals surface area contributed by atoms with E-state index in [4.69, 9.17) is 25.2 Å². The van der Waals surface area contributed by atoms with Crippen molar-refractivity contribution in [2.45, 2.75) is 135 Å². The van der Waals surface area contributed by atoms with Crippen LogP contribution in [0.3, 0.4) is 0 Å². The number of aromatic nitrogens is 3. The maximum atomic E-state index is 14.9. The predicted octanol–water partition coefficient (Wildman–Crippen LogP) is 7.65. The minimum atomic E-state index is -1.03. The largest absolute Gasteiger partial charge is 0.470 e. The molecule has 8 atom stereocenters. The van der Waals surface area contributed by atoms with Crippen molar-refractivity contribution in [1.29, 1.82) is 0 Å². The number of amides is 2. The van der Waals surface area contributed by atoms with Crippen molar-refractivity contribution >= 4 is 34.0 Å². The lowest BCUT2D eigenvalue weighted by atomic mass is 9.86. The highest BCUT2D eigenvalue weighted by Gasteiger charge is 2.45. The van der Waals surface area contributed by atoms with Crippen LogP contribution < -0.4 is 5.73 Å². The molecule has 5 aliphatic rings. The Morgan fingerprint density at radius 2 is 1.95 bits per heavy atom. The second kappa shape index (κ2) is 15.6. The van der Waals surface area contributed by atoms with E-state index < -0.39 is 12.2 Å². The van der Waals surface area contributed by atoms with E-state index in [0.29, 0.717) is 13.0 Å². The Kier molecular flexibility index (Phi) is 10.7. The normalized spacial score (nSPS) is 27.4. The number of aliphatic imine (C=N–C) groups is 1. The number of fused-ring (bicyclic) bond motifs is 4. The Hall–Kier alpha value is -4.29. The van der Waals surface area contributed by atoms with Gasteiger partial charge in [-0.15, -0.1) is 0 Å². The molecule has 300 valence electrons. The summed E-state index contributed by atoms with van der Waals surface area (Å²) in [6.45, 7) is 11.0. The van der Waals surface area contributed by atoms with Gasteiger partial charge < -0.3 is 34.6 Å². The van der Waals surface area contributed by atoms with Crippen LogP contribution in [0.4, 0.5) is 4.39 Å². The second-order valence-electron chi connectivity index (χ2n) is 16.9. The second-order valence-corrected chi connectivity index (χ2v) is 16.9. The molecular weight excluding hydrogens is 710 g/mol. The number of ether oxygens (including phenoxy) is 2. The van der Waals surface area contributed by atoms with E-state index in [1.165, 1.54) is 16.8 Å². The standard InChI is InChI=1S/C44H58FN7O4/c1-7-26-18-32(48-42(26)37-21-30(45)23-51(37)39(53)16-25(5)55-6)28-11-13-31-36-19-29-17-27(12-14-34(29)52(36)40(8-2)56-38(31)20-28)33-22-47-43(49-33)35-10-9-15-50(35)44(54)41(46)24(3)4/h12,14,17,19-20,22,24-26,30,35,37,40-42H,7-11,13,15-16,18,21,23,46H2,1-6H3,(H,47,49). The number of methoxy groups -OCH3 is 1. The number of nitrogens with two attached hydrogens (primary N) is 1. The highest BCUT2D eigenvalue weighted by molar-refractivity contribution is 6.03. The van der Waals surface area contributed by atoms with Gasteiger partial charge in [0.25, 0.3) is 0 Å². The third-order valence-corrected chi connectivity index (χ3v) is 13.1. The van der Waals surface area contributed by atoms with Crippen LogP contribution >= 0.6 is 0 Å². The first-order chi connectivity index (χ1) is 27.0. The summed E-state index contributed by atoms with van der Waals surface area (Å²) in [5.41, 5.74) is 14.0. The fourth-order valence-corrected chi connectivity index (χ4v) is 9.72. The zero-order chi connectivity index (χ0) is 39.4. The van der Waals surface area contributed by atoms with E-state index in [0.717, 1.165) is 84.4 Å². The predicted molar refractivity (Wildman–Crippen MR) is 216 cm³/mol. The topological polar surface area (TPSA) is 131 Å². The van der Waals surface area contributed by atoms with Gasteiger partial charge in [-0.3, -0.25) is 14.6 Å². The van der Waals surface area contributed by atoms with Crippen LogP contribution in [0.1, 0.15) is 116 Å². The minimum absolute atomic E-state index is 0.00796. The van der Waals surface area contributed by atoms with Gasteiger partial charge in [-0.1, -0.05) is 40.2 Å². The third kappa shape index (κ3) is 6.90. The lowest BCUT2D eigenvalue weighted by molar-refractivity contribution is -0.135. The monoisotopic (exact) mass is 767 g/mol. The minimum Gasteiger partial charge on any atom is -0.470 e. The smallest absolute Gasteiger partial charge is 0.240 e. The van der Waals surface area contributed by atoms with Crippen molar-refractivity contribution in [2.75, 3.05) is 20.2 Å². The van der Waals surface area contributed by atoms with Crippen LogP contribution in [0.2, 0.25) is 0 Å². The van der Waals surface area contributed by atoms with Crippen molar-refractivity contribution in [3.05, 3.63) is 59.4 Å². The summed E-state index contributed by atoms with van der Waals surface area (Å²) in [4.78, 5) is 43.7. The summed E-state index contributed by atoms with van der Waals surface area (Å²) in [6, 6.07) is 7.85. The maximum absolute atomic E-state index is 14.9. The van der Waals surface area contributed by atoms with Gasteiger partial charge >= 0.3 is 0 Å². The van der Waals surface area contributed by atoms with E-state index in [2.05, 4.69) is 53.7 Å². The quantitative estimate of drug-likeness (QED) is 0.206. The number of halogens is 1. The molecule has 1 aliphatic carbocycles. The first kappa shape index (κ1) is 38.6. The number of carbonyl (C=O) groups is 2. The van der Waals surface area contributed by atoms with Crippen LogP contribution in [-0.4, -0.2) is 92.5 Å². The molecule has 8 unspecified atom stereocenters. The third-order valence-electron chi connectivity index (χ3n) is 13.1. The number of allylic oxidation sites excluding steroid dienone is 3. The molecule has 2 amide bonds. The van der Waals surface area contributed by atoms with Gasteiger partial charge in [-0.2, -0.15) is 0 Å². The molecule has 3 N–H and O–H groups in total. The number of imidazole rings is 1. The number of hydrogen-bond acceptors (Lipinski definition) is 7. The van der Waals surface area contributed by atoms with Crippen molar-refractivity contribution in [3.63, 3.8) is 0 Å². The van der Waals surface area contributed by atoms with Crippen LogP contribution in [0, 0.1) is 11.8 Å². The SMILES string of the molecule is CCC1CC(C2=CC3=C(CC2)c2cc4cc(-c5cnc(C6CCCN6C(=O)C(N)C(C)C)[nH]5)ccc4n2C(CC)O3)=NC1C1CC(F)CN1C(=O)CC(C)OC. The number of nitrogens with zero attached hydrogens (tertiary/aromatic N) is 5. The van der Waals surface area contributed by atoms with Gasteiger partial charge in [0.05, 0.1) is 66.3 Å². The lowest BCUT2D eigenvalue weighted by Gasteiger charge is -2.33. The molecule has 6 heterocycles. The molecule has 2 aromatic heterocycles. The zero-order valence-electron chi connectivity index (χ0n) is 33.8. The van der Waals surface area contributed by atoms with Crippen LogP contribution in [0.5, 0.6) is 0 Å². The molecule has 8 rings (SSSR count). The first-order valence-corrected chi connectivity index (χ1v) is 20.9. The maximum Gasteiger partial charge on any atom is 0.240 e. The number of alkyl halides is 1. The number of H-pyrrole nitrogens is 1. The molecule has 0 saturated carbocycles. The van der Waals surface area contributed by atoms with E-state index >= 15 is 0 Å². The van der Waals surface area contributed by atoms with Gasteiger partial charge in [0.1, 0.15) is 17.8 Å². The Morgan fingerprint density at radius 3 is 2.70 bits per heavy atom. The molecule has 0 bridgehead atoms. The molecule has 1 aromatic carbocycles. The highest BCUT2D eigenvalue weighted by atomic mass is 19.1. The lowest BCUT2D eigenvalue weighted by Crippen LogP contribution is -2.46. The van der Waals surface area contributed by atoms with E-state index in [-0.39, 0.29) is 67.1 Å². The van der Waals surface area contributed by atoms with E-state index in [1.807, 2.05) is 31.9 Å². The summed E-state index contributed by atoms with van der Waals surface area (Å²) in [5, 5.41) is 1.13. The Labute approximate surface area is 329 Å². The summed E-state index contributed by atoms with van der Waals surface area (Å²) >= 11 is 0. The molecule has 2 fully saturated rings. The molecule has 12 heteroatoms. The number of nitrogens with one attached hydrogen (secondary N) is 1. The van der Waals surface area contributed by atoms with Crippen LogP contribution in [0.15, 0.2) is 52.9 Å². The molecule has 11 nitrogen and oxygen atoms in total. The average molecular weight is 768 g/mol. The van der Waals surface area contributed by atoms with Gasteiger partial charge in [0.15, 0.2) is 6.23 Å². The number of likely N-dealkylation sites (tertiary alicyclic amines) is 2. The zero-order valence-corrected chi connectivity index (χ0v) is 33.8. The number of carbonyl (C=O) groups excluding carboxylic acids is 2. The van der Waals surface area contributed by atoms with E-state index in [1.54, 1.807) is 12.0 Å². The molecule has 56 heavy (non-hydrogen) atoms. The Bertz CT molecular complexity index is 2080. The van der Waals surface area contributed by atoms with Crippen molar-refractivity contribution in [3.8, 4) is 11.3 Å². The van der Waals surface area contributed by atoms with Gasteiger partial charge in [-0.05, 0) is 80.7 Å². The molecule has 2 saturated heterocycles. The number of aromatic amines is 1. The highest BCUT2D eigenvalue weighted by Crippen LogP contribution is 2.45. The average Bonchev–Trinajstić information content (AvgIpc) is 4.05. The van der Waals surface area contributed by atoms with Crippen molar-refractivity contribution in [2.24, 2.45) is 22.6 Å². The van der Waals surface area contributed by atoms with Gasteiger partial charge in [-0.25, -0.2) is 9.37 Å².